The molecule has 3 aromatic carbocycles. The van der Waals surface area contributed by atoms with E-state index in [1.807, 2.05) is 54.6 Å². The minimum atomic E-state index is -4.41. The molecule has 0 aromatic heterocycles. The molecule has 0 amide bonds. The molecule has 0 fully saturated rings. The Morgan fingerprint density at radius 3 is 2.44 bits per heavy atom. The number of hydrogen-bond donors (Lipinski definition) is 1. The highest BCUT2D eigenvalue weighted by Crippen LogP contribution is 2.52. The van der Waals surface area contributed by atoms with Crippen molar-refractivity contribution in [3.05, 3.63) is 106 Å². The Hall–Kier alpha value is -2.92. The maximum absolute atomic E-state index is 13.7. The van der Waals surface area contributed by atoms with Gasteiger partial charge in [-0.15, -0.1) is 0 Å². The zero-order valence-corrected chi connectivity index (χ0v) is 17.8. The number of rotatable bonds is 4. The Morgan fingerprint density at radius 2 is 1.72 bits per heavy atom. The molecule has 0 bridgehead atoms. The number of fused-ring (bicyclic) bond motifs is 3. The van der Waals surface area contributed by atoms with E-state index in [2.05, 4.69) is 11.4 Å². The van der Waals surface area contributed by atoms with Gasteiger partial charge in [-0.3, -0.25) is 0 Å². The van der Waals surface area contributed by atoms with Crippen molar-refractivity contribution in [2.45, 2.75) is 31.2 Å². The van der Waals surface area contributed by atoms with Crippen LogP contribution < -0.4 is 10.1 Å². The molecule has 6 heteroatoms. The van der Waals surface area contributed by atoms with Gasteiger partial charge < -0.3 is 10.1 Å². The lowest BCUT2D eigenvalue weighted by molar-refractivity contribution is -0.137. The van der Waals surface area contributed by atoms with Crippen LogP contribution in [0.25, 0.3) is 0 Å². The average molecular weight is 456 g/mol. The molecule has 1 N–H and O–H groups in total. The molecule has 0 saturated heterocycles. The second-order valence-electron chi connectivity index (χ2n) is 8.23. The minimum Gasteiger partial charge on any atom is -0.489 e. The van der Waals surface area contributed by atoms with E-state index in [9.17, 15) is 13.2 Å². The number of allylic oxidation sites excluding steroid dienone is 2. The van der Waals surface area contributed by atoms with Crippen LogP contribution in [0.5, 0.6) is 5.75 Å². The Balaban J connectivity index is 1.39. The summed E-state index contributed by atoms with van der Waals surface area (Å²) >= 11 is 5.91. The van der Waals surface area contributed by atoms with Crippen LogP contribution >= 0.6 is 11.6 Å². The Morgan fingerprint density at radius 1 is 0.969 bits per heavy atom. The number of para-hydroxylation sites is 1. The normalized spacial score (nSPS) is 21.6. The third-order valence-electron chi connectivity index (χ3n) is 6.26. The van der Waals surface area contributed by atoms with Crippen LogP contribution in [0.3, 0.4) is 0 Å². The van der Waals surface area contributed by atoms with Crippen LogP contribution in [0.2, 0.25) is 5.02 Å². The number of anilines is 1. The molecule has 0 unspecified atom stereocenters. The number of nitrogens with one attached hydrogen (secondary N) is 1. The molecule has 1 heterocycles. The van der Waals surface area contributed by atoms with Crippen molar-refractivity contribution in [1.29, 1.82) is 0 Å². The summed E-state index contributed by atoms with van der Waals surface area (Å²) in [5, 5.41) is 3.90. The predicted molar refractivity (Wildman–Crippen MR) is 120 cm³/mol. The fourth-order valence-electron chi connectivity index (χ4n) is 4.71. The quantitative estimate of drug-likeness (QED) is 0.406. The molecule has 2 aliphatic rings. The maximum Gasteiger partial charge on any atom is 0.418 e. The molecule has 5 rings (SSSR count). The lowest BCUT2D eigenvalue weighted by Gasteiger charge is -2.38. The van der Waals surface area contributed by atoms with Crippen molar-refractivity contribution in [3.8, 4) is 5.75 Å². The second kappa shape index (κ2) is 8.21. The van der Waals surface area contributed by atoms with E-state index < -0.39 is 11.7 Å². The van der Waals surface area contributed by atoms with Gasteiger partial charge in [0, 0.05) is 10.9 Å². The zero-order valence-electron chi connectivity index (χ0n) is 17.1. The lowest BCUT2D eigenvalue weighted by atomic mass is 9.76. The molecular weight excluding hydrogens is 435 g/mol. The maximum atomic E-state index is 13.7. The van der Waals surface area contributed by atoms with Gasteiger partial charge in [0.1, 0.15) is 12.4 Å². The first kappa shape index (κ1) is 21.0. The second-order valence-corrected chi connectivity index (χ2v) is 8.66. The molecule has 3 atom stereocenters. The van der Waals surface area contributed by atoms with E-state index in [0.717, 1.165) is 29.2 Å². The van der Waals surface area contributed by atoms with Crippen molar-refractivity contribution in [2.24, 2.45) is 5.92 Å². The summed E-state index contributed by atoms with van der Waals surface area (Å²) in [7, 11) is 0. The number of alkyl halides is 3. The summed E-state index contributed by atoms with van der Waals surface area (Å²) in [6.45, 7) is 0.412. The third-order valence-corrected chi connectivity index (χ3v) is 6.51. The molecule has 2 nitrogen and oxygen atoms in total. The van der Waals surface area contributed by atoms with Crippen LogP contribution in [0, 0.1) is 5.92 Å². The van der Waals surface area contributed by atoms with Crippen molar-refractivity contribution in [3.63, 3.8) is 0 Å². The van der Waals surface area contributed by atoms with Crippen molar-refractivity contribution >= 4 is 17.3 Å². The summed E-state index contributed by atoms with van der Waals surface area (Å²) in [4.78, 5) is 0. The zero-order chi connectivity index (χ0) is 22.3. The van der Waals surface area contributed by atoms with Crippen LogP contribution in [-0.4, -0.2) is 0 Å². The first-order valence-electron chi connectivity index (χ1n) is 10.5. The summed E-state index contributed by atoms with van der Waals surface area (Å²) in [5.74, 6) is 0.850. The summed E-state index contributed by atoms with van der Waals surface area (Å²) in [6, 6.07) is 19.3. The van der Waals surface area contributed by atoms with Gasteiger partial charge in [-0.1, -0.05) is 60.2 Å². The Kier molecular flexibility index (Phi) is 5.38. The third kappa shape index (κ3) is 3.97. The van der Waals surface area contributed by atoms with Gasteiger partial charge in [-0.25, -0.2) is 0 Å². The summed E-state index contributed by atoms with van der Waals surface area (Å²) in [6.07, 6.45) is 0.536. The van der Waals surface area contributed by atoms with E-state index in [1.165, 1.54) is 6.07 Å². The molecule has 32 heavy (non-hydrogen) atoms. The van der Waals surface area contributed by atoms with Crippen molar-refractivity contribution in [1.82, 2.24) is 0 Å². The largest absolute Gasteiger partial charge is 0.489 e. The smallest absolute Gasteiger partial charge is 0.418 e. The highest BCUT2D eigenvalue weighted by molar-refractivity contribution is 6.30. The number of ether oxygens (including phenoxy) is 1. The summed E-state index contributed by atoms with van der Waals surface area (Å²) in [5.41, 5.74) is 2.26. The molecule has 0 saturated carbocycles. The summed E-state index contributed by atoms with van der Waals surface area (Å²) < 4.78 is 46.9. The van der Waals surface area contributed by atoms with Gasteiger partial charge in [0.2, 0.25) is 0 Å². The van der Waals surface area contributed by atoms with Crippen LogP contribution in [0.15, 0.2) is 78.9 Å². The van der Waals surface area contributed by atoms with Gasteiger partial charge in [0.15, 0.2) is 0 Å². The van der Waals surface area contributed by atoms with Gasteiger partial charge in [0.05, 0.1) is 17.3 Å². The monoisotopic (exact) mass is 455 g/mol. The number of benzene rings is 3. The molecule has 1 aliphatic heterocycles. The van der Waals surface area contributed by atoms with Gasteiger partial charge in [-0.2, -0.15) is 13.2 Å². The predicted octanol–water partition coefficient (Wildman–Crippen LogP) is 7.76. The van der Waals surface area contributed by atoms with Gasteiger partial charge >= 0.3 is 6.18 Å². The molecule has 164 valence electrons. The number of halogens is 4. The van der Waals surface area contributed by atoms with Crippen molar-refractivity contribution < 1.29 is 17.9 Å². The average Bonchev–Trinajstić information content (AvgIpc) is 3.28. The lowest BCUT2D eigenvalue weighted by Crippen LogP contribution is -2.30. The van der Waals surface area contributed by atoms with Crippen molar-refractivity contribution in [2.75, 3.05) is 5.32 Å². The SMILES string of the molecule is FC(F)(F)c1cccc2c1N[C@@H](c1ccc(OCc3ccc(Cl)cc3)cc1)[C@H]1CC=C[C@@H]21. The number of hydrogen-bond acceptors (Lipinski definition) is 2. The first-order valence-corrected chi connectivity index (χ1v) is 10.9. The first-order chi connectivity index (χ1) is 15.4. The van der Waals surface area contributed by atoms with Crippen LogP contribution in [0.4, 0.5) is 18.9 Å². The minimum absolute atomic E-state index is 0.0284. The van der Waals surface area contributed by atoms with E-state index in [0.29, 0.717) is 17.4 Å². The highest BCUT2D eigenvalue weighted by Gasteiger charge is 2.42. The molecule has 0 spiro atoms. The Bertz CT molecular complexity index is 1140. The topological polar surface area (TPSA) is 21.3 Å². The molecule has 3 aromatic rings. The van der Waals surface area contributed by atoms with Gasteiger partial charge in [0.25, 0.3) is 0 Å². The molecular formula is C26H21ClF3NO. The van der Waals surface area contributed by atoms with Gasteiger partial charge in [-0.05, 0) is 59.4 Å². The molecule has 0 radical (unpaired) electrons. The fourth-order valence-corrected chi connectivity index (χ4v) is 4.83. The highest BCUT2D eigenvalue weighted by atomic mass is 35.5. The van der Waals surface area contributed by atoms with Crippen LogP contribution in [-0.2, 0) is 12.8 Å². The van der Waals surface area contributed by atoms with E-state index in [4.69, 9.17) is 16.3 Å². The fraction of sp³-hybridized carbons (Fsp3) is 0.231. The van der Waals surface area contributed by atoms with E-state index >= 15 is 0 Å². The standard InChI is InChI=1S/C26H21ClF3NO/c27-18-11-7-16(8-12-18)15-32-19-13-9-17(10-14-19)24-21-4-1-3-20(21)22-5-2-6-23(25(22)31-24)26(28,29)30/h1-3,5-14,20-21,24,31H,4,15H2/t20-,21+,24+/m1/s1. The van der Waals surface area contributed by atoms with Crippen LogP contribution in [0.1, 0.15) is 40.6 Å². The molecule has 1 aliphatic carbocycles. The Labute approximate surface area is 189 Å². The van der Waals surface area contributed by atoms with E-state index in [-0.39, 0.29) is 23.6 Å². The van der Waals surface area contributed by atoms with E-state index in [1.54, 1.807) is 6.07 Å².